The fourth-order valence-electron chi connectivity index (χ4n) is 11.1. The molecule has 6 aliphatic rings. The maximum Gasteiger partial charge on any atom is 0.293 e. The summed E-state index contributed by atoms with van der Waals surface area (Å²) in [4.78, 5) is 42.9. The Kier molecular flexibility index (Phi) is 11.6. The third-order valence-corrected chi connectivity index (χ3v) is 16.3. The van der Waals surface area contributed by atoms with Gasteiger partial charge in [-0.2, -0.15) is 4.98 Å². The fraction of sp³-hybridized carbons (Fsp3) is 0.469. The molecule has 4 aliphatic heterocycles. The smallest absolute Gasteiger partial charge is 0.293 e. The Balaban J connectivity index is 0.831. The Bertz CT molecular complexity index is 2800. The Hall–Kier alpha value is -5.79. The number of nitrogens with zero attached hydrogens (tertiary/aromatic N) is 6. The average molecular weight is 932 g/mol. The summed E-state index contributed by atoms with van der Waals surface area (Å²) in [5.74, 6) is 0.238. The molecule has 18 heteroatoms. The highest BCUT2D eigenvalue weighted by atomic mass is 32.2. The van der Waals surface area contributed by atoms with Crippen LogP contribution in [0.2, 0.25) is 0 Å². The Morgan fingerprint density at radius 1 is 0.940 bits per heavy atom. The van der Waals surface area contributed by atoms with Crippen molar-refractivity contribution in [2.45, 2.75) is 67.5 Å². The second-order valence-electron chi connectivity index (χ2n) is 19.2. The van der Waals surface area contributed by atoms with Crippen LogP contribution in [0.1, 0.15) is 72.0 Å². The molecule has 5 fully saturated rings. The van der Waals surface area contributed by atoms with E-state index < -0.39 is 31.4 Å². The van der Waals surface area contributed by atoms with E-state index in [9.17, 15) is 23.3 Å². The molecule has 2 aromatic heterocycles. The van der Waals surface area contributed by atoms with Crippen molar-refractivity contribution in [2.24, 2.45) is 5.41 Å². The summed E-state index contributed by atoms with van der Waals surface area (Å²) in [7, 11) is -2.32. The molecule has 2 aliphatic carbocycles. The number of pyridine rings is 1. The number of likely N-dealkylation sites (N-methyl/N-ethyl adjacent to an activating group) is 1. The number of carbonyl (C=O) groups is 1. The summed E-state index contributed by atoms with van der Waals surface area (Å²) in [6.07, 6.45) is 8.61. The normalized spacial score (nSPS) is 22.5. The zero-order valence-electron chi connectivity index (χ0n) is 37.7. The van der Waals surface area contributed by atoms with Crippen LogP contribution in [0.15, 0.2) is 83.9 Å². The van der Waals surface area contributed by atoms with Gasteiger partial charge in [-0.15, -0.1) is 0 Å². The monoisotopic (exact) mass is 931 g/mol. The third-order valence-electron chi connectivity index (χ3n) is 14.9. The molecule has 3 saturated heterocycles. The third kappa shape index (κ3) is 8.69. The molecule has 11 rings (SSSR count). The van der Waals surface area contributed by atoms with Gasteiger partial charge in [0.25, 0.3) is 21.6 Å². The number of anilines is 4. The highest BCUT2D eigenvalue weighted by Gasteiger charge is 2.50. The first-order valence-corrected chi connectivity index (χ1v) is 25.1. The quantitative estimate of drug-likeness (QED) is 0.0902. The minimum Gasteiger partial charge on any atom is -0.474 e. The largest absolute Gasteiger partial charge is 0.474 e. The Morgan fingerprint density at radius 3 is 2.54 bits per heavy atom. The van der Waals surface area contributed by atoms with Crippen LogP contribution in [0.5, 0.6) is 5.88 Å². The van der Waals surface area contributed by atoms with Gasteiger partial charge in [-0.25, -0.2) is 13.1 Å². The number of rotatable bonds is 12. The first-order chi connectivity index (χ1) is 32.5. The second kappa shape index (κ2) is 17.7. The molecule has 5 aromatic rings. The van der Waals surface area contributed by atoms with Crippen LogP contribution >= 0.6 is 0 Å². The van der Waals surface area contributed by atoms with Crippen LogP contribution in [0.3, 0.4) is 0 Å². The lowest BCUT2D eigenvalue weighted by Gasteiger charge is -2.58. The van der Waals surface area contributed by atoms with Gasteiger partial charge in [-0.3, -0.25) is 19.8 Å². The lowest BCUT2D eigenvalue weighted by Crippen LogP contribution is -2.59. The molecule has 0 radical (unpaired) electrons. The minimum atomic E-state index is -4.58. The number of aromatic nitrogens is 2. The molecule has 17 nitrogen and oxygen atoms in total. The van der Waals surface area contributed by atoms with E-state index in [0.29, 0.717) is 72.7 Å². The van der Waals surface area contributed by atoms with Crippen LogP contribution in [-0.4, -0.2) is 130 Å². The summed E-state index contributed by atoms with van der Waals surface area (Å²) >= 11 is 0. The molecule has 6 heterocycles. The number of benzene rings is 3. The van der Waals surface area contributed by atoms with Crippen molar-refractivity contribution < 1.29 is 32.3 Å². The number of H-pyrrole nitrogens is 1. The number of piperidine rings is 1. The predicted octanol–water partition coefficient (Wildman–Crippen LogP) is 6.56. The van der Waals surface area contributed by atoms with Crippen LogP contribution in [0, 0.1) is 15.5 Å². The zero-order valence-corrected chi connectivity index (χ0v) is 38.5. The highest BCUT2D eigenvalue weighted by Crippen LogP contribution is 2.54. The van der Waals surface area contributed by atoms with Crippen LogP contribution in [0.4, 0.5) is 28.4 Å². The molecule has 2 atom stereocenters. The lowest BCUT2D eigenvalue weighted by molar-refractivity contribution is -0.384. The molecule has 1 spiro atoms. The average Bonchev–Trinajstić information content (AvgIpc) is 4.08. The van der Waals surface area contributed by atoms with Gasteiger partial charge in [-0.1, -0.05) is 24.3 Å². The predicted molar refractivity (Wildman–Crippen MR) is 254 cm³/mol. The molecular weight excluding hydrogens is 875 g/mol. The van der Waals surface area contributed by atoms with Crippen LogP contribution in [0.25, 0.3) is 11.0 Å². The second-order valence-corrected chi connectivity index (χ2v) is 20.9. The number of carbonyl (C=O) groups excluding carboxylic acids is 1. The Morgan fingerprint density at radius 2 is 1.76 bits per heavy atom. The van der Waals surface area contributed by atoms with Gasteiger partial charge >= 0.3 is 0 Å². The molecule has 2 saturated carbocycles. The molecule has 67 heavy (non-hydrogen) atoms. The molecule has 352 valence electrons. The van der Waals surface area contributed by atoms with E-state index in [1.54, 1.807) is 17.8 Å². The van der Waals surface area contributed by atoms with Crippen molar-refractivity contribution in [3.8, 4) is 5.88 Å². The van der Waals surface area contributed by atoms with Gasteiger partial charge < -0.3 is 39.2 Å². The number of hydrogen-bond donors (Lipinski definition) is 3. The number of nitrogens with one attached hydrogen (secondary N) is 3. The van der Waals surface area contributed by atoms with Gasteiger partial charge in [0.05, 0.1) is 53.5 Å². The molecule has 3 aromatic carbocycles. The Labute approximate surface area is 389 Å². The number of ether oxygens (including phenoxy) is 3. The number of hydrogen-bond acceptors (Lipinski definition) is 14. The maximum absolute atomic E-state index is 14.3. The van der Waals surface area contributed by atoms with E-state index in [2.05, 4.69) is 61.0 Å². The standard InChI is InChI=1S/C49H57N9O8S/c1-54-18-19-56(45(30-54)39-5-3-2-4-38(39)32-6-7-32)35-27-49(28-35)13-16-55(17-14-49)34-8-10-40(42(25-34)57-20-21-66-48-44(57)24-33-12-15-50-46(33)52-48)47(59)53-67(62,63)37-9-11-41(43(26-37)58(60)61)51-29-36-31-64-22-23-65-36/h2-5,8-12,15,24-26,32,35-36,45,51H,6-7,13-14,16-23,27-31H2,1H3,(H,50,52)(H,53,59)/t36-,45?/m0/s1. The zero-order chi connectivity index (χ0) is 45.9. The lowest BCUT2D eigenvalue weighted by atomic mass is 9.59. The number of piperazine rings is 1. The van der Waals surface area contributed by atoms with Crippen LogP contribution < -0.4 is 24.6 Å². The van der Waals surface area contributed by atoms with Gasteiger partial charge in [0.2, 0.25) is 5.88 Å². The van der Waals surface area contributed by atoms with E-state index in [4.69, 9.17) is 19.2 Å². The van der Waals surface area contributed by atoms with Gasteiger partial charge in [0.1, 0.15) is 23.6 Å². The molecule has 0 bridgehead atoms. The summed E-state index contributed by atoms with van der Waals surface area (Å²) in [5.41, 5.74) is 5.91. The van der Waals surface area contributed by atoms with E-state index >= 15 is 0 Å². The SMILES string of the molecule is CN1CCN(C2CC3(CCN(c4ccc(C(=O)NS(=O)(=O)c5ccc(NC[C@H]6COCCO6)c([N+](=O)[O-])c5)c(N5CCOc6nc7[nH]ccc7cc65)c4)CC3)C2)C(c2ccccc2C2CC2)C1. The van der Waals surface area contributed by atoms with Crippen molar-refractivity contribution in [1.82, 2.24) is 24.5 Å². The summed E-state index contributed by atoms with van der Waals surface area (Å²) in [6.45, 7) is 7.06. The fourth-order valence-corrected chi connectivity index (χ4v) is 12.1. The number of aromatic amines is 1. The molecular formula is C49H57N9O8S. The van der Waals surface area contributed by atoms with Crippen molar-refractivity contribution in [3.63, 3.8) is 0 Å². The van der Waals surface area contributed by atoms with Crippen molar-refractivity contribution in [3.05, 3.63) is 106 Å². The number of sulfonamides is 1. The van der Waals surface area contributed by atoms with Crippen molar-refractivity contribution in [1.29, 1.82) is 0 Å². The van der Waals surface area contributed by atoms with Gasteiger partial charge in [-0.05, 0) is 110 Å². The maximum atomic E-state index is 14.3. The van der Waals surface area contributed by atoms with E-state index in [0.717, 1.165) is 62.7 Å². The highest BCUT2D eigenvalue weighted by molar-refractivity contribution is 7.90. The summed E-state index contributed by atoms with van der Waals surface area (Å²) in [6, 6.07) is 23.1. The molecule has 1 unspecified atom stereocenters. The molecule has 3 N–H and O–H groups in total. The number of fused-ring (bicyclic) bond motifs is 2. The first kappa shape index (κ1) is 43.8. The van der Waals surface area contributed by atoms with E-state index in [-0.39, 0.29) is 30.5 Å². The number of amides is 1. The summed E-state index contributed by atoms with van der Waals surface area (Å²) in [5, 5.41) is 16.0. The van der Waals surface area contributed by atoms with Crippen LogP contribution in [-0.2, 0) is 19.5 Å². The van der Waals surface area contributed by atoms with Crippen molar-refractivity contribution in [2.75, 3.05) is 94.4 Å². The molecule has 1 amide bonds. The summed E-state index contributed by atoms with van der Waals surface area (Å²) < 4.78 is 47.1. The first-order valence-electron chi connectivity index (χ1n) is 23.6. The minimum absolute atomic E-state index is 0.119. The topological polar surface area (TPSA) is 188 Å². The van der Waals surface area contributed by atoms with E-state index in [1.165, 1.54) is 43.4 Å². The van der Waals surface area contributed by atoms with Gasteiger partial charge in [0, 0.05) is 74.7 Å². The number of nitro groups is 1. The van der Waals surface area contributed by atoms with Gasteiger partial charge in [0.15, 0.2) is 0 Å². The van der Waals surface area contributed by atoms with Crippen molar-refractivity contribution >= 4 is 55.4 Å². The van der Waals surface area contributed by atoms with E-state index in [1.807, 2.05) is 29.2 Å². The number of nitro benzene ring substituents is 1.